The number of carbonyl (C=O) groups is 3. The maximum absolute atomic E-state index is 14.6. The number of amides is 3. The van der Waals surface area contributed by atoms with E-state index >= 15 is 0 Å². The van der Waals surface area contributed by atoms with Gasteiger partial charge in [-0.05, 0) is 189 Å². The number of aromatic amines is 2. The van der Waals surface area contributed by atoms with Crippen molar-refractivity contribution < 1.29 is 37.0 Å². The van der Waals surface area contributed by atoms with E-state index in [1.54, 1.807) is 153 Å². The molecule has 7 aromatic heterocycles. The zero-order valence-corrected chi connectivity index (χ0v) is 64.9. The SMILES string of the molecule is Cc1cc(-n2nc3c(c2-n2cc[nH]c2=O)CN(C(=O)OC(C)(C)C)CC3)cc(C)c1F.Cc1cc(-n2nc3c(c2-n2cc[nH]c2=O)CNCC3)cc(C)c1F.Cc1cc(-n2nc3c(c2N2C=CC(c4ccc5c(cnn5C)c4)C2=O)CN(C(=O)OC(C)(C)C)CC3)cc(C)c1F.Cl.Cn1ncc2cc(Br)ccc21. The highest BCUT2D eigenvalue weighted by molar-refractivity contribution is 9.10. The molecular formula is C78H85BrClF3N18O7. The molecule has 1 atom stereocenters. The summed E-state index contributed by atoms with van der Waals surface area (Å²) in [5, 5.41) is 28.2. The van der Waals surface area contributed by atoms with Crippen molar-refractivity contribution in [3.05, 3.63) is 238 Å². The summed E-state index contributed by atoms with van der Waals surface area (Å²) in [7, 11) is 3.82. The molecule has 25 nitrogen and oxygen atoms in total. The minimum atomic E-state index is -0.635. The highest BCUT2D eigenvalue weighted by Gasteiger charge is 2.39. The molecule has 0 saturated carbocycles. The van der Waals surface area contributed by atoms with E-state index in [1.807, 2.05) is 103 Å². The third-order valence-corrected chi connectivity index (χ3v) is 19.4. The molecule has 0 fully saturated rings. The van der Waals surface area contributed by atoms with Crippen molar-refractivity contribution in [3.63, 3.8) is 0 Å². The van der Waals surface area contributed by atoms with E-state index in [0.29, 0.717) is 94.7 Å². The van der Waals surface area contributed by atoms with Gasteiger partial charge in [0, 0.05) is 122 Å². The van der Waals surface area contributed by atoms with E-state index < -0.39 is 29.3 Å². The monoisotopic (exact) mass is 1560 g/mol. The van der Waals surface area contributed by atoms with Gasteiger partial charge < -0.3 is 34.6 Å². The summed E-state index contributed by atoms with van der Waals surface area (Å²) in [6.45, 7) is 24.2. The molecule has 30 heteroatoms. The number of imidazole rings is 2. The second-order valence-electron chi connectivity index (χ2n) is 29.2. The van der Waals surface area contributed by atoms with Gasteiger partial charge in [-0.3, -0.25) is 28.2 Å². The van der Waals surface area contributed by atoms with Crippen molar-refractivity contribution in [3.8, 4) is 28.7 Å². The van der Waals surface area contributed by atoms with Crippen LogP contribution in [0, 0.1) is 59.0 Å². The summed E-state index contributed by atoms with van der Waals surface area (Å²) in [5.41, 5.74) is 11.4. The van der Waals surface area contributed by atoms with Gasteiger partial charge in [0.25, 0.3) is 0 Å². The first-order valence-corrected chi connectivity index (χ1v) is 35.9. The lowest BCUT2D eigenvalue weighted by Crippen LogP contribution is -2.40. The molecule has 0 radical (unpaired) electrons. The number of ether oxygens (including phenoxy) is 2. The van der Waals surface area contributed by atoms with Crippen LogP contribution in [0.5, 0.6) is 0 Å². The number of aromatic nitrogens is 14. The second kappa shape index (κ2) is 30.3. The summed E-state index contributed by atoms with van der Waals surface area (Å²) in [6.07, 6.45) is 14.7. The number of aryl methyl sites for hydroxylation is 8. The molecule has 108 heavy (non-hydrogen) atoms. The van der Waals surface area contributed by atoms with Crippen LogP contribution < -0.4 is 21.6 Å². The Morgan fingerprint density at radius 2 is 0.954 bits per heavy atom. The van der Waals surface area contributed by atoms with Crippen LogP contribution in [0.3, 0.4) is 0 Å². The Balaban J connectivity index is 0.000000144. The van der Waals surface area contributed by atoms with Gasteiger partial charge in [-0.25, -0.2) is 46.4 Å². The average molecular weight is 1560 g/mol. The van der Waals surface area contributed by atoms with Crippen LogP contribution in [0.25, 0.3) is 50.5 Å². The highest BCUT2D eigenvalue weighted by atomic mass is 79.9. The smallest absolute Gasteiger partial charge is 0.410 e. The summed E-state index contributed by atoms with van der Waals surface area (Å²) in [4.78, 5) is 74.5. The van der Waals surface area contributed by atoms with Crippen molar-refractivity contribution in [1.82, 2.24) is 83.1 Å². The molecule has 16 rings (SSSR count). The van der Waals surface area contributed by atoms with Crippen molar-refractivity contribution in [2.24, 2.45) is 14.1 Å². The number of hydrogen-bond acceptors (Lipinski definition) is 13. The maximum Gasteiger partial charge on any atom is 0.410 e. The Morgan fingerprint density at radius 1 is 0.546 bits per heavy atom. The lowest BCUT2D eigenvalue weighted by Gasteiger charge is -2.30. The van der Waals surface area contributed by atoms with Gasteiger partial charge in [-0.15, -0.1) is 12.4 Å². The Labute approximate surface area is 635 Å². The molecule has 4 aliphatic heterocycles. The molecule has 0 saturated heterocycles. The first kappa shape index (κ1) is 76.6. The molecule has 11 heterocycles. The van der Waals surface area contributed by atoms with Crippen LogP contribution in [0.2, 0.25) is 0 Å². The molecule has 4 aliphatic rings. The van der Waals surface area contributed by atoms with Crippen molar-refractivity contribution in [1.29, 1.82) is 0 Å². The largest absolute Gasteiger partial charge is 0.444 e. The predicted molar refractivity (Wildman–Crippen MR) is 411 cm³/mol. The van der Waals surface area contributed by atoms with Crippen LogP contribution in [-0.4, -0.2) is 127 Å². The number of nitrogens with zero attached hydrogens (tertiary/aromatic N) is 15. The molecule has 12 aromatic rings. The molecule has 564 valence electrons. The number of fused-ring (bicyclic) bond motifs is 5. The van der Waals surface area contributed by atoms with Crippen LogP contribution in [-0.2, 0) is 67.3 Å². The second-order valence-corrected chi connectivity index (χ2v) is 30.2. The third kappa shape index (κ3) is 15.4. The van der Waals surface area contributed by atoms with E-state index in [1.165, 1.54) is 9.95 Å². The number of anilines is 1. The number of halogens is 5. The fourth-order valence-corrected chi connectivity index (χ4v) is 14.2. The molecule has 0 spiro atoms. The lowest BCUT2D eigenvalue weighted by atomic mass is 9.98. The molecule has 1 unspecified atom stereocenters. The number of benzene rings is 5. The maximum atomic E-state index is 14.6. The Bertz CT molecular complexity index is 5570. The van der Waals surface area contributed by atoms with Gasteiger partial charge in [0.15, 0.2) is 0 Å². The molecule has 5 aromatic carbocycles. The van der Waals surface area contributed by atoms with Crippen LogP contribution in [0.4, 0.5) is 28.6 Å². The third-order valence-electron chi connectivity index (χ3n) is 18.9. The average Bonchev–Trinajstić information content (AvgIpc) is 1.60. The fourth-order valence-electron chi connectivity index (χ4n) is 13.8. The number of nitrogens with one attached hydrogen (secondary N) is 3. The summed E-state index contributed by atoms with van der Waals surface area (Å²) in [6, 6.07) is 22.4. The molecule has 3 N–H and O–H groups in total. The van der Waals surface area contributed by atoms with Crippen molar-refractivity contribution >= 4 is 74.1 Å². The number of rotatable bonds is 7. The van der Waals surface area contributed by atoms with Gasteiger partial charge in [-0.1, -0.05) is 28.1 Å². The standard InChI is InChI=1S/C31H33FN6O3.C22H26FN5O3.C17H18FN5O.C8H7BrN2.ClH/c1-18-13-22(14-19(2)27(18)32)38-28(24-17-36(11-10-25(24)34-38)30(40)41-31(3,4)5)37-12-9-23(29(37)39)20-7-8-26-21(15-20)16-33-35(26)6;1-13-10-15(11-14(2)18(13)23)28-19(27-9-7-24-20(27)29)16-12-26(8-6-17(16)25-28)21(30)31-22(3,4)5;1-10-7-12(8-11(2)15(10)18)23-16(22-6-5-20-17(22)24)13-9-19-4-3-14(13)21-23;1-11-8-3-2-7(9)4-6(8)5-10-11;/h7-9,12-16,23H,10-11,17H2,1-6H3;7,9-11H,6,8,12H2,1-5H3,(H,24,29);5-8,19H,3-4,9H2,1-2H3,(H,20,24);2-5H,1H3;1H. The fraction of sp³-hybridized carbons (Fsp3) is 0.333. The van der Waals surface area contributed by atoms with Gasteiger partial charge >= 0.3 is 23.6 Å². The molecule has 0 bridgehead atoms. The van der Waals surface area contributed by atoms with E-state index in [4.69, 9.17) is 24.8 Å². The molecule has 3 amide bonds. The summed E-state index contributed by atoms with van der Waals surface area (Å²) >= 11 is 3.40. The Kier molecular flexibility index (Phi) is 21.5. The van der Waals surface area contributed by atoms with Crippen LogP contribution >= 0.6 is 28.3 Å². The van der Waals surface area contributed by atoms with E-state index in [2.05, 4.69) is 47.5 Å². The first-order valence-electron chi connectivity index (χ1n) is 35.1. The Hall–Kier alpha value is -11.0. The van der Waals surface area contributed by atoms with E-state index in [-0.39, 0.29) is 60.2 Å². The number of hydrogen-bond donors (Lipinski definition) is 3. The lowest BCUT2D eigenvalue weighted by molar-refractivity contribution is -0.118. The zero-order valence-electron chi connectivity index (χ0n) is 62.5. The van der Waals surface area contributed by atoms with Crippen molar-refractivity contribution in [2.75, 3.05) is 24.5 Å². The van der Waals surface area contributed by atoms with Crippen molar-refractivity contribution in [2.45, 2.75) is 139 Å². The quantitative estimate of drug-likeness (QED) is 0.134. The van der Waals surface area contributed by atoms with Crippen LogP contribution in [0.15, 0.2) is 136 Å². The van der Waals surface area contributed by atoms with Crippen LogP contribution in [0.1, 0.15) is 120 Å². The van der Waals surface area contributed by atoms with Gasteiger partial charge in [-0.2, -0.15) is 25.5 Å². The first-order chi connectivity index (χ1) is 50.8. The number of carbonyl (C=O) groups excluding carboxylic acids is 3. The number of H-pyrrole nitrogens is 2. The van der Waals surface area contributed by atoms with Gasteiger partial charge in [0.05, 0.1) is 76.6 Å². The zero-order chi connectivity index (χ0) is 76.4. The van der Waals surface area contributed by atoms with Gasteiger partial charge in [0.1, 0.15) is 46.1 Å². The normalized spacial score (nSPS) is 14.7. The Morgan fingerprint density at radius 3 is 1.39 bits per heavy atom. The predicted octanol–water partition coefficient (Wildman–Crippen LogP) is 13.4. The molecular weight excluding hydrogens is 1470 g/mol. The summed E-state index contributed by atoms with van der Waals surface area (Å²) < 4.78 is 66.8. The topological polar surface area (TPSA) is 256 Å². The van der Waals surface area contributed by atoms with E-state index in [9.17, 15) is 37.1 Å². The van der Waals surface area contributed by atoms with Gasteiger partial charge in [0.2, 0.25) is 5.91 Å². The highest BCUT2D eigenvalue weighted by Crippen LogP contribution is 2.39. The van der Waals surface area contributed by atoms with E-state index in [0.717, 1.165) is 78.9 Å². The minimum Gasteiger partial charge on any atom is -0.444 e. The summed E-state index contributed by atoms with van der Waals surface area (Å²) in [5.74, 6) is 0.391. The minimum absolute atomic E-state index is 0. The molecule has 0 aliphatic carbocycles.